The van der Waals surface area contributed by atoms with E-state index in [1.54, 1.807) is 78.9 Å². The van der Waals surface area contributed by atoms with Gasteiger partial charge in [-0.25, -0.2) is 17.4 Å². The average molecular weight is 497 g/mol. The van der Waals surface area contributed by atoms with E-state index in [1.165, 1.54) is 24.3 Å². The van der Waals surface area contributed by atoms with E-state index in [0.29, 0.717) is 0 Å². The second-order valence-electron chi connectivity index (χ2n) is 7.24. The van der Waals surface area contributed by atoms with Crippen molar-refractivity contribution in [2.45, 2.75) is 10.7 Å². The number of hydrogen-bond donors (Lipinski definition) is 1. The molecule has 0 saturated carbocycles. The smallest absolute Gasteiger partial charge is 0.415 e. The third-order valence-electron chi connectivity index (χ3n) is 4.77. The van der Waals surface area contributed by atoms with E-state index < -0.39 is 29.2 Å². The van der Waals surface area contributed by atoms with Gasteiger partial charge in [0.25, 0.3) is 0 Å². The molecule has 9 heteroatoms. The van der Waals surface area contributed by atoms with Crippen molar-refractivity contribution in [3.05, 3.63) is 127 Å². The largest absolute Gasteiger partial charge is 0.453 e. The summed E-state index contributed by atoms with van der Waals surface area (Å²) in [6.45, 7) is 0. The van der Waals surface area contributed by atoms with Gasteiger partial charge in [-0.15, -0.1) is 0 Å². The number of rotatable bonds is 9. The summed E-state index contributed by atoms with van der Waals surface area (Å²) in [6.07, 6.45) is 0. The highest BCUT2D eigenvalue weighted by atomic mass is 32.2. The fraction of sp³-hybridized carbons (Fsp3) is 0.0400. The van der Waals surface area contributed by atoms with Gasteiger partial charge >= 0.3 is 7.60 Å². The molecule has 0 spiro atoms. The Morgan fingerprint density at radius 1 is 0.676 bits per heavy atom. The first-order valence-corrected chi connectivity index (χ1v) is 13.4. The van der Waals surface area contributed by atoms with Gasteiger partial charge in [-0.05, 0) is 54.1 Å². The monoisotopic (exact) mass is 497 g/mol. The Labute approximate surface area is 197 Å². The standard InChI is InChI=1S/C25H21FNO5PS/c26-21-18-16-20(17-19-21)25(27-34(29,30)24-14-8-3-9-15-24)33(28,31-22-10-4-1-5-11-22)32-23-12-6-2-7-13-23/h1-19,25,27H. The Morgan fingerprint density at radius 2 is 1.12 bits per heavy atom. The summed E-state index contributed by atoms with van der Waals surface area (Å²) in [4.78, 5) is -0.0342. The maximum Gasteiger partial charge on any atom is 0.453 e. The van der Waals surface area contributed by atoms with Crippen molar-refractivity contribution in [3.8, 4) is 11.5 Å². The first-order chi connectivity index (χ1) is 16.4. The summed E-state index contributed by atoms with van der Waals surface area (Å²) in [5.41, 5.74) is 0.205. The molecule has 0 saturated heterocycles. The van der Waals surface area contributed by atoms with Crippen LogP contribution in [-0.4, -0.2) is 8.42 Å². The lowest BCUT2D eigenvalue weighted by Crippen LogP contribution is -2.31. The molecule has 1 N–H and O–H groups in total. The molecule has 0 heterocycles. The molecule has 4 rings (SSSR count). The number of nitrogens with one attached hydrogen (secondary N) is 1. The summed E-state index contributed by atoms with van der Waals surface area (Å²) >= 11 is 0. The maximum atomic E-state index is 14.4. The minimum Gasteiger partial charge on any atom is -0.415 e. The molecule has 6 nitrogen and oxygen atoms in total. The van der Waals surface area contributed by atoms with E-state index in [-0.39, 0.29) is 22.0 Å². The molecule has 34 heavy (non-hydrogen) atoms. The van der Waals surface area contributed by atoms with Crippen LogP contribution in [0, 0.1) is 5.82 Å². The van der Waals surface area contributed by atoms with Crippen LogP contribution in [0.25, 0.3) is 0 Å². The Balaban J connectivity index is 1.83. The second kappa shape index (κ2) is 10.2. The van der Waals surface area contributed by atoms with Crippen molar-refractivity contribution in [2.75, 3.05) is 0 Å². The summed E-state index contributed by atoms with van der Waals surface area (Å²) in [5, 5.41) is 0. The number of sulfonamides is 1. The molecule has 0 aliphatic heterocycles. The van der Waals surface area contributed by atoms with Crippen LogP contribution in [0.4, 0.5) is 4.39 Å². The number of benzene rings is 4. The van der Waals surface area contributed by atoms with Gasteiger partial charge in [-0.1, -0.05) is 66.7 Å². The summed E-state index contributed by atoms with van der Waals surface area (Å²) in [6, 6.07) is 29.2. The molecule has 4 aromatic carbocycles. The van der Waals surface area contributed by atoms with E-state index in [9.17, 15) is 17.4 Å². The van der Waals surface area contributed by atoms with Crippen molar-refractivity contribution in [1.29, 1.82) is 0 Å². The van der Waals surface area contributed by atoms with Crippen molar-refractivity contribution in [2.24, 2.45) is 0 Å². The summed E-state index contributed by atoms with van der Waals surface area (Å²) < 4.78 is 68.6. The molecule has 0 radical (unpaired) electrons. The highest BCUT2D eigenvalue weighted by Gasteiger charge is 2.43. The minimum absolute atomic E-state index is 0.0342. The van der Waals surface area contributed by atoms with Crippen molar-refractivity contribution in [3.63, 3.8) is 0 Å². The van der Waals surface area contributed by atoms with Crippen molar-refractivity contribution < 1.29 is 26.4 Å². The van der Waals surface area contributed by atoms with Gasteiger partial charge < -0.3 is 9.05 Å². The SMILES string of the molecule is O=P(Oc1ccccc1)(Oc1ccccc1)C(NS(=O)(=O)c1ccccc1)c1ccc(F)cc1. The van der Waals surface area contributed by atoms with Gasteiger partial charge in [0, 0.05) is 0 Å². The summed E-state index contributed by atoms with van der Waals surface area (Å²) in [7, 11) is -8.50. The van der Waals surface area contributed by atoms with E-state index >= 15 is 0 Å². The Bertz CT molecular complexity index is 1320. The fourth-order valence-electron chi connectivity index (χ4n) is 3.16. The Morgan fingerprint density at radius 3 is 1.59 bits per heavy atom. The maximum absolute atomic E-state index is 14.4. The lowest BCUT2D eigenvalue weighted by atomic mass is 10.2. The first kappa shape index (κ1) is 23.7. The van der Waals surface area contributed by atoms with Crippen LogP contribution in [0.15, 0.2) is 120 Å². The molecule has 0 bridgehead atoms. The molecule has 1 unspecified atom stereocenters. The second-order valence-corrected chi connectivity index (χ2v) is 10.9. The molecule has 0 aromatic heterocycles. The Hall–Kier alpha value is -3.45. The molecular weight excluding hydrogens is 476 g/mol. The average Bonchev–Trinajstić information content (AvgIpc) is 2.85. The topological polar surface area (TPSA) is 81.7 Å². The summed E-state index contributed by atoms with van der Waals surface area (Å²) in [5.74, 6) is -1.59. The molecule has 0 aliphatic rings. The van der Waals surface area contributed by atoms with Gasteiger partial charge in [0.05, 0.1) is 4.90 Å². The molecule has 174 valence electrons. The van der Waals surface area contributed by atoms with Crippen LogP contribution < -0.4 is 13.8 Å². The lowest BCUT2D eigenvalue weighted by Gasteiger charge is -2.28. The zero-order valence-corrected chi connectivity index (χ0v) is 19.5. The minimum atomic E-state index is -4.34. The van der Waals surface area contributed by atoms with E-state index in [2.05, 4.69) is 4.72 Å². The molecule has 0 aliphatic carbocycles. The van der Waals surface area contributed by atoms with Gasteiger partial charge in [-0.3, -0.25) is 0 Å². The van der Waals surface area contributed by atoms with Crippen LogP contribution in [0.3, 0.4) is 0 Å². The quantitative estimate of drug-likeness (QED) is 0.280. The predicted octanol–water partition coefficient (Wildman–Crippen LogP) is 6.15. The molecule has 4 aromatic rings. The van der Waals surface area contributed by atoms with E-state index in [1.807, 2.05) is 0 Å². The predicted molar refractivity (Wildman–Crippen MR) is 128 cm³/mol. The normalized spacial score (nSPS) is 12.6. The van der Waals surface area contributed by atoms with Gasteiger partial charge in [-0.2, -0.15) is 4.72 Å². The van der Waals surface area contributed by atoms with Crippen molar-refractivity contribution in [1.82, 2.24) is 4.72 Å². The zero-order valence-electron chi connectivity index (χ0n) is 17.8. The molecule has 0 fully saturated rings. The molecular formula is C25H21FNO5PS. The fourth-order valence-corrected chi connectivity index (χ4v) is 6.79. The molecule has 0 amide bonds. The zero-order chi connectivity index (χ0) is 24.0. The van der Waals surface area contributed by atoms with Crippen LogP contribution in [0.5, 0.6) is 11.5 Å². The Kier molecular flexibility index (Phi) is 7.12. The van der Waals surface area contributed by atoms with Gasteiger partial charge in [0.1, 0.15) is 17.3 Å². The first-order valence-electron chi connectivity index (χ1n) is 10.3. The highest BCUT2D eigenvalue weighted by molar-refractivity contribution is 7.89. The van der Waals surface area contributed by atoms with Gasteiger partial charge in [0.15, 0.2) is 5.78 Å². The highest BCUT2D eigenvalue weighted by Crippen LogP contribution is 2.59. The lowest BCUT2D eigenvalue weighted by molar-refractivity contribution is 0.368. The van der Waals surface area contributed by atoms with Gasteiger partial charge in [0.2, 0.25) is 10.0 Å². The third-order valence-corrected chi connectivity index (χ3v) is 8.38. The van der Waals surface area contributed by atoms with Crippen LogP contribution in [0.2, 0.25) is 0 Å². The number of para-hydroxylation sites is 2. The van der Waals surface area contributed by atoms with Crippen LogP contribution in [0.1, 0.15) is 11.3 Å². The van der Waals surface area contributed by atoms with Crippen molar-refractivity contribution >= 4 is 17.6 Å². The number of hydrogen-bond acceptors (Lipinski definition) is 5. The van der Waals surface area contributed by atoms with Crippen LogP contribution in [-0.2, 0) is 14.6 Å². The molecule has 1 atom stereocenters. The third kappa shape index (κ3) is 5.72. The number of halogens is 1. The van der Waals surface area contributed by atoms with Crippen LogP contribution >= 0.6 is 7.60 Å². The van der Waals surface area contributed by atoms with E-state index in [0.717, 1.165) is 12.1 Å². The van der Waals surface area contributed by atoms with E-state index in [4.69, 9.17) is 9.05 Å².